The van der Waals surface area contributed by atoms with Crippen LogP contribution in [-0.2, 0) is 20.1 Å². The van der Waals surface area contributed by atoms with Crippen LogP contribution < -0.4 is 5.32 Å². The first-order chi connectivity index (χ1) is 11.6. The first kappa shape index (κ1) is 18.8. The second-order valence-corrected chi connectivity index (χ2v) is 7.14. The largest absolute Gasteiger partial charge is 0.481 e. The third-order valence-electron chi connectivity index (χ3n) is 4.06. The molecular weight excluding hydrogens is 326 g/mol. The Balaban J connectivity index is 1.72. The second-order valence-electron chi connectivity index (χ2n) is 6.04. The van der Waals surface area contributed by atoms with Crippen molar-refractivity contribution in [2.75, 3.05) is 24.3 Å². The molecule has 1 aromatic carbocycles. The van der Waals surface area contributed by atoms with Gasteiger partial charge in [0, 0.05) is 36.8 Å². The van der Waals surface area contributed by atoms with E-state index in [-0.39, 0.29) is 12.3 Å². The molecule has 1 fully saturated rings. The third kappa shape index (κ3) is 7.36. The van der Waals surface area contributed by atoms with Crippen LogP contribution in [0.1, 0.15) is 37.7 Å². The Morgan fingerprint density at radius 2 is 2.04 bits per heavy atom. The SMILES string of the molecule is O=C(O)CCSCc1cccc(NC(=O)CCC2CCOCC2)c1. The molecule has 1 heterocycles. The predicted molar refractivity (Wildman–Crippen MR) is 96.3 cm³/mol. The Bertz CT molecular complexity index is 544. The van der Waals surface area contributed by atoms with Crippen LogP contribution in [0, 0.1) is 5.92 Å². The van der Waals surface area contributed by atoms with Gasteiger partial charge in [0.05, 0.1) is 6.42 Å². The molecule has 0 saturated carbocycles. The number of carbonyl (C=O) groups is 2. The number of nitrogens with one attached hydrogen (secondary N) is 1. The van der Waals surface area contributed by atoms with E-state index in [9.17, 15) is 9.59 Å². The quantitative estimate of drug-likeness (QED) is 0.666. The lowest BCUT2D eigenvalue weighted by Gasteiger charge is -2.21. The Labute approximate surface area is 147 Å². The maximum absolute atomic E-state index is 12.1. The lowest BCUT2D eigenvalue weighted by atomic mass is 9.95. The lowest BCUT2D eigenvalue weighted by Crippen LogP contribution is -2.18. The summed E-state index contributed by atoms with van der Waals surface area (Å²) in [6, 6.07) is 7.75. The van der Waals surface area contributed by atoms with Gasteiger partial charge in [-0.05, 0) is 42.9 Å². The van der Waals surface area contributed by atoms with Gasteiger partial charge in [0.15, 0.2) is 0 Å². The normalized spacial score (nSPS) is 15.2. The van der Waals surface area contributed by atoms with E-state index in [1.54, 1.807) is 11.8 Å². The van der Waals surface area contributed by atoms with Gasteiger partial charge < -0.3 is 15.2 Å². The highest BCUT2D eigenvalue weighted by Gasteiger charge is 2.15. The van der Waals surface area contributed by atoms with Crippen molar-refractivity contribution < 1.29 is 19.4 Å². The van der Waals surface area contributed by atoms with Crippen LogP contribution in [0.5, 0.6) is 0 Å². The molecule has 0 aliphatic carbocycles. The van der Waals surface area contributed by atoms with E-state index in [4.69, 9.17) is 9.84 Å². The van der Waals surface area contributed by atoms with Gasteiger partial charge in [0.25, 0.3) is 0 Å². The van der Waals surface area contributed by atoms with Crippen LogP contribution in [0.3, 0.4) is 0 Å². The zero-order valence-corrected chi connectivity index (χ0v) is 14.6. The standard InChI is InChI=1S/C18H25NO4S/c20-17(5-4-14-6-9-23-10-7-14)19-16-3-1-2-15(12-16)13-24-11-8-18(21)22/h1-3,12,14H,4-11,13H2,(H,19,20)(H,21,22). The molecule has 1 amide bonds. The van der Waals surface area contributed by atoms with Gasteiger partial charge in [-0.3, -0.25) is 9.59 Å². The van der Waals surface area contributed by atoms with Crippen molar-refractivity contribution in [3.63, 3.8) is 0 Å². The van der Waals surface area contributed by atoms with E-state index in [0.717, 1.165) is 49.5 Å². The van der Waals surface area contributed by atoms with E-state index < -0.39 is 5.97 Å². The molecule has 1 saturated heterocycles. The molecule has 0 aromatic heterocycles. The average molecular weight is 351 g/mol. The van der Waals surface area contributed by atoms with Crippen molar-refractivity contribution in [1.29, 1.82) is 0 Å². The molecule has 0 unspecified atom stereocenters. The molecule has 132 valence electrons. The van der Waals surface area contributed by atoms with Crippen LogP contribution in [0.4, 0.5) is 5.69 Å². The number of amides is 1. The maximum Gasteiger partial charge on any atom is 0.304 e. The maximum atomic E-state index is 12.1. The predicted octanol–water partition coefficient (Wildman–Crippen LogP) is 3.54. The minimum Gasteiger partial charge on any atom is -0.481 e. The van der Waals surface area contributed by atoms with Crippen LogP contribution in [0.25, 0.3) is 0 Å². The summed E-state index contributed by atoms with van der Waals surface area (Å²) in [6.07, 6.45) is 3.74. The topological polar surface area (TPSA) is 75.6 Å². The third-order valence-corrected chi connectivity index (χ3v) is 5.09. The molecule has 0 atom stereocenters. The molecule has 2 rings (SSSR count). The number of carboxylic acid groups (broad SMARTS) is 1. The minimum atomic E-state index is -0.770. The average Bonchev–Trinajstić information content (AvgIpc) is 2.58. The molecular formula is C18H25NO4S. The molecule has 1 aliphatic heterocycles. The van der Waals surface area contributed by atoms with Crippen molar-refractivity contribution in [2.24, 2.45) is 5.92 Å². The van der Waals surface area contributed by atoms with Crippen LogP contribution in [0.2, 0.25) is 0 Å². The van der Waals surface area contributed by atoms with E-state index in [0.29, 0.717) is 18.1 Å². The van der Waals surface area contributed by atoms with Gasteiger partial charge in [0.1, 0.15) is 0 Å². The summed E-state index contributed by atoms with van der Waals surface area (Å²) >= 11 is 1.59. The molecule has 6 heteroatoms. The van der Waals surface area contributed by atoms with Gasteiger partial charge >= 0.3 is 5.97 Å². The van der Waals surface area contributed by atoms with Crippen molar-refractivity contribution in [2.45, 2.75) is 37.9 Å². The van der Waals surface area contributed by atoms with E-state index in [2.05, 4.69) is 5.32 Å². The van der Waals surface area contributed by atoms with Gasteiger partial charge in [-0.15, -0.1) is 0 Å². The van der Waals surface area contributed by atoms with Crippen LogP contribution >= 0.6 is 11.8 Å². The summed E-state index contributed by atoms with van der Waals surface area (Å²) in [6.45, 7) is 1.63. The summed E-state index contributed by atoms with van der Waals surface area (Å²) < 4.78 is 5.33. The highest BCUT2D eigenvalue weighted by atomic mass is 32.2. The molecule has 5 nitrogen and oxygen atoms in total. The fourth-order valence-electron chi connectivity index (χ4n) is 2.68. The summed E-state index contributed by atoms with van der Waals surface area (Å²) in [5, 5.41) is 11.6. The summed E-state index contributed by atoms with van der Waals surface area (Å²) in [4.78, 5) is 22.6. The van der Waals surface area contributed by atoms with Crippen LogP contribution in [0.15, 0.2) is 24.3 Å². The van der Waals surface area contributed by atoms with Gasteiger partial charge in [-0.2, -0.15) is 11.8 Å². The Morgan fingerprint density at radius 3 is 2.79 bits per heavy atom. The van der Waals surface area contributed by atoms with E-state index in [1.165, 1.54) is 0 Å². The number of aliphatic carboxylic acids is 1. The molecule has 1 aromatic rings. The number of hydrogen-bond acceptors (Lipinski definition) is 4. The molecule has 0 radical (unpaired) electrons. The summed E-state index contributed by atoms with van der Waals surface area (Å²) in [7, 11) is 0. The molecule has 0 bridgehead atoms. The van der Waals surface area contributed by atoms with Gasteiger partial charge in [-0.1, -0.05) is 12.1 Å². The fraction of sp³-hybridized carbons (Fsp3) is 0.556. The monoisotopic (exact) mass is 351 g/mol. The smallest absolute Gasteiger partial charge is 0.304 e. The first-order valence-electron chi connectivity index (χ1n) is 8.39. The number of ether oxygens (including phenoxy) is 1. The fourth-order valence-corrected chi connectivity index (χ4v) is 3.56. The van der Waals surface area contributed by atoms with E-state index >= 15 is 0 Å². The number of rotatable bonds is 9. The van der Waals surface area contributed by atoms with Crippen molar-refractivity contribution in [3.8, 4) is 0 Å². The highest BCUT2D eigenvalue weighted by molar-refractivity contribution is 7.98. The minimum absolute atomic E-state index is 0.0529. The summed E-state index contributed by atoms with van der Waals surface area (Å²) in [5.74, 6) is 1.22. The summed E-state index contributed by atoms with van der Waals surface area (Å²) in [5.41, 5.74) is 1.90. The molecule has 2 N–H and O–H groups in total. The lowest BCUT2D eigenvalue weighted by molar-refractivity contribution is -0.136. The van der Waals surface area contributed by atoms with Crippen molar-refractivity contribution in [1.82, 2.24) is 0 Å². The van der Waals surface area contributed by atoms with E-state index in [1.807, 2.05) is 24.3 Å². The zero-order chi connectivity index (χ0) is 17.2. The Kier molecular flexibility index (Phi) is 8.12. The number of carboxylic acids is 1. The number of hydrogen-bond donors (Lipinski definition) is 2. The Hall–Kier alpha value is -1.53. The van der Waals surface area contributed by atoms with Gasteiger partial charge in [0.2, 0.25) is 5.91 Å². The van der Waals surface area contributed by atoms with Crippen molar-refractivity contribution >= 4 is 29.3 Å². The van der Waals surface area contributed by atoms with Gasteiger partial charge in [-0.25, -0.2) is 0 Å². The molecule has 0 spiro atoms. The number of carbonyl (C=O) groups excluding carboxylic acids is 1. The molecule has 1 aliphatic rings. The number of thioether (sulfide) groups is 1. The second kappa shape index (κ2) is 10.4. The number of benzene rings is 1. The van der Waals surface area contributed by atoms with Crippen LogP contribution in [-0.4, -0.2) is 35.9 Å². The molecule has 24 heavy (non-hydrogen) atoms. The zero-order valence-electron chi connectivity index (χ0n) is 13.8. The Morgan fingerprint density at radius 1 is 1.25 bits per heavy atom. The first-order valence-corrected chi connectivity index (χ1v) is 9.55. The highest BCUT2D eigenvalue weighted by Crippen LogP contribution is 2.21. The van der Waals surface area contributed by atoms with Crippen molar-refractivity contribution in [3.05, 3.63) is 29.8 Å². The number of anilines is 1.